The molecule has 0 rings (SSSR count). The lowest BCUT2D eigenvalue weighted by atomic mass is 10.6. The Balaban J connectivity index is 4.18. The van der Waals surface area contributed by atoms with E-state index >= 15 is 0 Å². The summed E-state index contributed by atoms with van der Waals surface area (Å²) in [7, 11) is -2.71. The smallest absolute Gasteiger partial charge is 0.328 e. The van der Waals surface area contributed by atoms with E-state index < -0.39 is 18.6 Å². The molecule has 0 unspecified atom stereocenters. The third-order valence-corrected chi connectivity index (χ3v) is 8.77. The summed E-state index contributed by atoms with van der Waals surface area (Å²) in [6.45, 7) is 10.00. The maximum atomic E-state index is 6.02. The van der Waals surface area contributed by atoms with Crippen molar-refractivity contribution in [1.82, 2.24) is 0 Å². The van der Waals surface area contributed by atoms with Gasteiger partial charge in [0.25, 0.3) is 10.0 Å². The standard InChI is InChI=1S/C10H26O3Si2/c1-5-9-15(10-6-2,12-8-4)13-14-11-7-3/h5-10,14H2,1-4H3. The van der Waals surface area contributed by atoms with Crippen molar-refractivity contribution >= 4 is 18.6 Å². The highest BCUT2D eigenvalue weighted by Gasteiger charge is 2.34. The zero-order chi connectivity index (χ0) is 11.6. The summed E-state index contributed by atoms with van der Waals surface area (Å²) in [5, 5.41) is 0. The second-order valence-electron chi connectivity index (χ2n) is 3.60. The van der Waals surface area contributed by atoms with Crippen LogP contribution in [0.3, 0.4) is 0 Å². The van der Waals surface area contributed by atoms with Crippen molar-refractivity contribution in [2.24, 2.45) is 0 Å². The van der Waals surface area contributed by atoms with E-state index in [1.165, 1.54) is 0 Å². The minimum atomic E-state index is -1.90. The predicted molar refractivity (Wildman–Crippen MR) is 68.8 cm³/mol. The molecule has 0 aliphatic carbocycles. The van der Waals surface area contributed by atoms with Crippen LogP contribution in [-0.4, -0.2) is 31.8 Å². The van der Waals surface area contributed by atoms with Crippen LogP contribution in [-0.2, 0) is 13.0 Å². The van der Waals surface area contributed by atoms with Gasteiger partial charge >= 0.3 is 8.56 Å². The van der Waals surface area contributed by atoms with Gasteiger partial charge in [-0.15, -0.1) is 0 Å². The molecule has 0 atom stereocenters. The summed E-state index contributed by atoms with van der Waals surface area (Å²) in [6.07, 6.45) is 2.29. The summed E-state index contributed by atoms with van der Waals surface area (Å²) < 4.78 is 17.4. The van der Waals surface area contributed by atoms with Crippen molar-refractivity contribution in [2.75, 3.05) is 13.2 Å². The van der Waals surface area contributed by atoms with E-state index in [-0.39, 0.29) is 0 Å². The Morgan fingerprint density at radius 3 is 1.93 bits per heavy atom. The van der Waals surface area contributed by atoms with Gasteiger partial charge in [-0.25, -0.2) is 0 Å². The van der Waals surface area contributed by atoms with Gasteiger partial charge in [-0.05, 0) is 25.9 Å². The summed E-state index contributed by atoms with van der Waals surface area (Å²) in [5.41, 5.74) is 0. The summed E-state index contributed by atoms with van der Waals surface area (Å²) in [5.74, 6) is 0. The molecular weight excluding hydrogens is 224 g/mol. The fourth-order valence-electron chi connectivity index (χ4n) is 1.71. The molecule has 15 heavy (non-hydrogen) atoms. The van der Waals surface area contributed by atoms with Crippen LogP contribution in [0.25, 0.3) is 0 Å². The molecular formula is C10H26O3Si2. The van der Waals surface area contributed by atoms with Gasteiger partial charge < -0.3 is 13.0 Å². The SMILES string of the molecule is CCC[Si](CCC)(OCC)O[SiH2]OCC. The molecule has 0 aromatic rings. The Labute approximate surface area is 97.8 Å². The van der Waals surface area contributed by atoms with E-state index in [9.17, 15) is 0 Å². The lowest BCUT2D eigenvalue weighted by molar-refractivity contribution is 0.223. The van der Waals surface area contributed by atoms with Crippen LogP contribution in [0.4, 0.5) is 0 Å². The van der Waals surface area contributed by atoms with Crippen LogP contribution in [0.2, 0.25) is 12.1 Å². The highest BCUT2D eigenvalue weighted by molar-refractivity contribution is 6.71. The maximum Gasteiger partial charge on any atom is 0.328 e. The molecule has 0 amide bonds. The molecule has 0 saturated heterocycles. The van der Waals surface area contributed by atoms with Gasteiger partial charge in [0.15, 0.2) is 0 Å². The first-order chi connectivity index (χ1) is 7.24. The van der Waals surface area contributed by atoms with Crippen LogP contribution in [0.5, 0.6) is 0 Å². The summed E-state index contributed by atoms with van der Waals surface area (Å²) >= 11 is 0. The summed E-state index contributed by atoms with van der Waals surface area (Å²) in [6, 6.07) is 2.21. The van der Waals surface area contributed by atoms with Crippen molar-refractivity contribution < 1.29 is 13.0 Å². The zero-order valence-electron chi connectivity index (χ0n) is 10.7. The van der Waals surface area contributed by atoms with Gasteiger partial charge in [-0.2, -0.15) is 0 Å². The number of hydrogen-bond donors (Lipinski definition) is 0. The van der Waals surface area contributed by atoms with E-state index in [1.54, 1.807) is 0 Å². The van der Waals surface area contributed by atoms with E-state index in [1.807, 2.05) is 6.92 Å². The van der Waals surface area contributed by atoms with Crippen LogP contribution in [0.1, 0.15) is 40.5 Å². The number of rotatable bonds is 10. The fourth-order valence-corrected chi connectivity index (χ4v) is 7.15. The molecule has 5 heteroatoms. The molecule has 92 valence electrons. The first-order valence-corrected chi connectivity index (χ1v) is 9.48. The normalized spacial score (nSPS) is 12.8. The second-order valence-corrected chi connectivity index (χ2v) is 8.51. The third-order valence-electron chi connectivity index (χ3n) is 2.28. The van der Waals surface area contributed by atoms with Crippen LogP contribution < -0.4 is 0 Å². The Morgan fingerprint density at radius 1 is 0.933 bits per heavy atom. The largest absolute Gasteiger partial charge is 0.419 e. The van der Waals surface area contributed by atoms with Gasteiger partial charge in [0.05, 0.1) is 0 Å². The Morgan fingerprint density at radius 2 is 1.53 bits per heavy atom. The van der Waals surface area contributed by atoms with Crippen molar-refractivity contribution in [3.05, 3.63) is 0 Å². The van der Waals surface area contributed by atoms with Crippen molar-refractivity contribution in [3.8, 4) is 0 Å². The molecule has 0 aliphatic heterocycles. The van der Waals surface area contributed by atoms with E-state index in [0.29, 0.717) is 0 Å². The molecule has 0 bridgehead atoms. The van der Waals surface area contributed by atoms with Crippen LogP contribution in [0, 0.1) is 0 Å². The molecule has 0 radical (unpaired) electrons. The average Bonchev–Trinajstić information content (AvgIpc) is 2.19. The molecule has 0 N–H and O–H groups in total. The van der Waals surface area contributed by atoms with E-state index in [4.69, 9.17) is 13.0 Å². The van der Waals surface area contributed by atoms with Gasteiger partial charge in [0.1, 0.15) is 0 Å². The van der Waals surface area contributed by atoms with E-state index in [2.05, 4.69) is 20.8 Å². The zero-order valence-corrected chi connectivity index (χ0v) is 13.1. The molecule has 0 aromatic carbocycles. The molecule has 0 fully saturated rings. The highest BCUT2D eigenvalue weighted by Crippen LogP contribution is 2.22. The first-order valence-electron chi connectivity index (χ1n) is 6.10. The Bertz CT molecular complexity index is 128. The highest BCUT2D eigenvalue weighted by atomic mass is 28.4. The lowest BCUT2D eigenvalue weighted by Gasteiger charge is -2.30. The molecule has 0 saturated carbocycles. The lowest BCUT2D eigenvalue weighted by Crippen LogP contribution is -2.43. The molecule has 0 spiro atoms. The minimum absolute atomic E-state index is 0.765. The van der Waals surface area contributed by atoms with Crippen LogP contribution in [0.15, 0.2) is 0 Å². The third kappa shape index (κ3) is 6.47. The second kappa shape index (κ2) is 9.53. The van der Waals surface area contributed by atoms with Crippen LogP contribution >= 0.6 is 0 Å². The van der Waals surface area contributed by atoms with Crippen molar-refractivity contribution in [1.29, 1.82) is 0 Å². The Kier molecular flexibility index (Phi) is 9.73. The topological polar surface area (TPSA) is 27.7 Å². The minimum Gasteiger partial charge on any atom is -0.419 e. The monoisotopic (exact) mass is 250 g/mol. The quantitative estimate of drug-likeness (QED) is 0.440. The van der Waals surface area contributed by atoms with Crippen molar-refractivity contribution in [2.45, 2.75) is 52.6 Å². The van der Waals surface area contributed by atoms with Gasteiger partial charge in [-0.3, -0.25) is 0 Å². The molecule has 0 aromatic heterocycles. The van der Waals surface area contributed by atoms with E-state index in [0.717, 1.165) is 38.1 Å². The molecule has 0 heterocycles. The van der Waals surface area contributed by atoms with Crippen molar-refractivity contribution in [3.63, 3.8) is 0 Å². The van der Waals surface area contributed by atoms with Gasteiger partial charge in [0, 0.05) is 13.2 Å². The molecule has 0 aliphatic rings. The maximum absolute atomic E-state index is 6.02. The van der Waals surface area contributed by atoms with Gasteiger partial charge in [-0.1, -0.05) is 26.7 Å². The molecule has 3 nitrogen and oxygen atoms in total. The average molecular weight is 250 g/mol. The summed E-state index contributed by atoms with van der Waals surface area (Å²) in [4.78, 5) is 0. The Hall–Kier alpha value is 0.314. The van der Waals surface area contributed by atoms with Gasteiger partial charge in [0.2, 0.25) is 0 Å². The number of hydrogen-bond acceptors (Lipinski definition) is 3. The first kappa shape index (κ1) is 15.3. The predicted octanol–water partition coefficient (Wildman–Crippen LogP) is 2.34. The fraction of sp³-hybridized carbons (Fsp3) is 1.00.